The molecule has 0 aliphatic heterocycles. The molecule has 0 saturated heterocycles. The third-order valence-corrected chi connectivity index (χ3v) is 5.17. The molecule has 1 aromatic carbocycles. The summed E-state index contributed by atoms with van der Waals surface area (Å²) in [4.78, 5) is 12.9. The fraction of sp³-hybridized carbons (Fsp3) is 0.222. The van der Waals surface area contributed by atoms with Gasteiger partial charge >= 0.3 is 0 Å². The van der Waals surface area contributed by atoms with Crippen LogP contribution in [0.15, 0.2) is 41.9 Å². The van der Waals surface area contributed by atoms with Crippen LogP contribution in [0.3, 0.4) is 0 Å². The van der Waals surface area contributed by atoms with Crippen LogP contribution < -0.4 is 10.1 Å². The average molecular weight is 376 g/mol. The van der Waals surface area contributed by atoms with E-state index in [0.717, 1.165) is 16.8 Å². The van der Waals surface area contributed by atoms with E-state index in [2.05, 4.69) is 10.4 Å². The number of para-hydroxylation sites is 1. The van der Waals surface area contributed by atoms with Crippen molar-refractivity contribution in [2.45, 2.75) is 20.1 Å². The van der Waals surface area contributed by atoms with Crippen LogP contribution in [0, 0.1) is 6.92 Å². The minimum atomic E-state index is -0.0998. The molecule has 0 spiro atoms. The lowest BCUT2D eigenvalue weighted by atomic mass is 10.2. The highest BCUT2D eigenvalue weighted by molar-refractivity contribution is 7.12. The van der Waals surface area contributed by atoms with Crippen molar-refractivity contribution in [2.75, 3.05) is 0 Å². The molecule has 2 aromatic heterocycles. The van der Waals surface area contributed by atoms with E-state index in [-0.39, 0.29) is 5.91 Å². The Morgan fingerprint density at radius 2 is 2.20 bits per heavy atom. The molecule has 0 bridgehead atoms. The first-order valence-electron chi connectivity index (χ1n) is 7.75. The predicted octanol–water partition coefficient (Wildman–Crippen LogP) is 3.95. The van der Waals surface area contributed by atoms with Crippen LogP contribution in [0.2, 0.25) is 5.02 Å². The molecular weight excluding hydrogens is 358 g/mol. The van der Waals surface area contributed by atoms with Crippen LogP contribution in [0.5, 0.6) is 5.75 Å². The van der Waals surface area contributed by atoms with Crippen molar-refractivity contribution in [2.24, 2.45) is 7.05 Å². The van der Waals surface area contributed by atoms with E-state index in [1.807, 2.05) is 43.6 Å². The summed E-state index contributed by atoms with van der Waals surface area (Å²) in [6.07, 6.45) is 1.77. The fourth-order valence-electron chi connectivity index (χ4n) is 2.27. The molecule has 5 nitrogen and oxygen atoms in total. The standard InChI is InChI=1S/C18H18ClN3O2S/c1-12-14(9-21-22(12)2)8-20-18(23)17-7-13(11-25-17)10-24-16-6-4-3-5-15(16)19/h3-7,9,11H,8,10H2,1-2H3,(H,20,23). The number of nitrogens with zero attached hydrogens (tertiary/aromatic N) is 2. The zero-order chi connectivity index (χ0) is 17.8. The van der Waals surface area contributed by atoms with Gasteiger partial charge in [0.05, 0.1) is 16.1 Å². The van der Waals surface area contributed by atoms with Crippen molar-refractivity contribution >= 4 is 28.8 Å². The van der Waals surface area contributed by atoms with E-state index >= 15 is 0 Å². The lowest BCUT2D eigenvalue weighted by Gasteiger charge is -2.06. The molecule has 0 unspecified atom stereocenters. The topological polar surface area (TPSA) is 56.1 Å². The van der Waals surface area contributed by atoms with Gasteiger partial charge in [-0.1, -0.05) is 23.7 Å². The quantitative estimate of drug-likeness (QED) is 0.709. The van der Waals surface area contributed by atoms with Crippen LogP contribution in [-0.2, 0) is 20.2 Å². The molecule has 3 rings (SSSR count). The van der Waals surface area contributed by atoms with E-state index in [1.165, 1.54) is 11.3 Å². The van der Waals surface area contributed by atoms with Gasteiger partial charge in [0, 0.05) is 30.4 Å². The van der Waals surface area contributed by atoms with Crippen LogP contribution in [-0.4, -0.2) is 15.7 Å². The van der Waals surface area contributed by atoms with Gasteiger partial charge in [-0.25, -0.2) is 0 Å². The number of aryl methyl sites for hydroxylation is 1. The molecule has 7 heteroatoms. The Hall–Kier alpha value is -2.31. The van der Waals surface area contributed by atoms with Gasteiger partial charge in [0.2, 0.25) is 0 Å². The van der Waals surface area contributed by atoms with Crippen LogP contribution >= 0.6 is 22.9 Å². The molecular formula is C18H18ClN3O2S. The highest BCUT2D eigenvalue weighted by atomic mass is 35.5. The van der Waals surface area contributed by atoms with E-state index in [0.29, 0.717) is 28.8 Å². The smallest absolute Gasteiger partial charge is 0.261 e. The maximum atomic E-state index is 12.3. The van der Waals surface area contributed by atoms with Gasteiger partial charge in [0.1, 0.15) is 12.4 Å². The molecule has 25 heavy (non-hydrogen) atoms. The maximum absolute atomic E-state index is 12.3. The normalized spacial score (nSPS) is 10.7. The van der Waals surface area contributed by atoms with Crippen molar-refractivity contribution in [1.82, 2.24) is 15.1 Å². The molecule has 0 aliphatic rings. The van der Waals surface area contributed by atoms with Crippen molar-refractivity contribution in [3.05, 3.63) is 68.6 Å². The molecule has 1 N–H and O–H groups in total. The van der Waals surface area contributed by atoms with Gasteiger partial charge < -0.3 is 10.1 Å². The Morgan fingerprint density at radius 1 is 1.40 bits per heavy atom. The van der Waals surface area contributed by atoms with Crippen molar-refractivity contribution in [3.63, 3.8) is 0 Å². The largest absolute Gasteiger partial charge is 0.487 e. The number of amides is 1. The van der Waals surface area contributed by atoms with Gasteiger partial charge in [0.25, 0.3) is 5.91 Å². The number of ether oxygens (including phenoxy) is 1. The zero-order valence-electron chi connectivity index (χ0n) is 14.0. The van der Waals surface area contributed by atoms with Crippen molar-refractivity contribution in [3.8, 4) is 5.75 Å². The van der Waals surface area contributed by atoms with E-state index in [4.69, 9.17) is 16.3 Å². The third-order valence-electron chi connectivity index (χ3n) is 3.88. The summed E-state index contributed by atoms with van der Waals surface area (Å²) < 4.78 is 7.48. The van der Waals surface area contributed by atoms with E-state index < -0.39 is 0 Å². The highest BCUT2D eigenvalue weighted by Crippen LogP contribution is 2.25. The highest BCUT2D eigenvalue weighted by Gasteiger charge is 2.11. The van der Waals surface area contributed by atoms with Crippen LogP contribution in [0.1, 0.15) is 26.5 Å². The first-order chi connectivity index (χ1) is 12.0. The van der Waals surface area contributed by atoms with Crippen LogP contribution in [0.4, 0.5) is 0 Å². The molecule has 1 amide bonds. The number of hydrogen-bond acceptors (Lipinski definition) is 4. The molecule has 0 aliphatic carbocycles. The number of hydrogen-bond donors (Lipinski definition) is 1. The Bertz CT molecular complexity index is 888. The SMILES string of the molecule is Cc1c(CNC(=O)c2cc(COc3ccccc3Cl)cs2)cnn1C. The van der Waals surface area contributed by atoms with Gasteiger partial charge in [-0.05, 0) is 30.5 Å². The minimum absolute atomic E-state index is 0.0998. The lowest BCUT2D eigenvalue weighted by molar-refractivity contribution is 0.0955. The Kier molecular flexibility index (Phi) is 5.40. The summed E-state index contributed by atoms with van der Waals surface area (Å²) in [5.41, 5.74) is 2.99. The van der Waals surface area contributed by atoms with Crippen molar-refractivity contribution in [1.29, 1.82) is 0 Å². The molecule has 0 fully saturated rings. The van der Waals surface area contributed by atoms with E-state index in [1.54, 1.807) is 16.9 Å². The predicted molar refractivity (Wildman–Crippen MR) is 99.2 cm³/mol. The monoisotopic (exact) mass is 375 g/mol. The number of carbonyl (C=O) groups excluding carboxylic acids is 1. The van der Waals surface area contributed by atoms with E-state index in [9.17, 15) is 4.79 Å². The first kappa shape index (κ1) is 17.5. The molecule has 0 atom stereocenters. The fourth-order valence-corrected chi connectivity index (χ4v) is 3.28. The number of rotatable bonds is 6. The Labute approximate surface area is 155 Å². The average Bonchev–Trinajstić information content (AvgIpc) is 3.20. The van der Waals surface area contributed by atoms with Gasteiger partial charge in [-0.2, -0.15) is 5.10 Å². The first-order valence-corrected chi connectivity index (χ1v) is 9.01. The Morgan fingerprint density at radius 3 is 2.92 bits per heavy atom. The van der Waals surface area contributed by atoms with Gasteiger partial charge in [0.15, 0.2) is 0 Å². The lowest BCUT2D eigenvalue weighted by Crippen LogP contribution is -2.22. The molecule has 130 valence electrons. The van der Waals surface area contributed by atoms with Gasteiger partial charge in [-0.3, -0.25) is 9.48 Å². The summed E-state index contributed by atoms with van der Waals surface area (Å²) in [6, 6.07) is 9.16. The second kappa shape index (κ2) is 7.72. The number of thiophene rings is 1. The number of halogens is 1. The van der Waals surface area contributed by atoms with Crippen molar-refractivity contribution < 1.29 is 9.53 Å². The molecule has 0 radical (unpaired) electrons. The summed E-state index contributed by atoms with van der Waals surface area (Å²) in [5, 5.41) is 9.58. The molecule has 3 aromatic rings. The van der Waals surface area contributed by atoms with Crippen LogP contribution in [0.25, 0.3) is 0 Å². The second-order valence-corrected chi connectivity index (χ2v) is 6.92. The maximum Gasteiger partial charge on any atom is 0.261 e. The van der Waals surface area contributed by atoms with Gasteiger partial charge in [-0.15, -0.1) is 11.3 Å². The molecule has 2 heterocycles. The summed E-state index contributed by atoms with van der Waals surface area (Å²) >= 11 is 7.46. The molecule has 0 saturated carbocycles. The number of benzene rings is 1. The minimum Gasteiger partial charge on any atom is -0.487 e. The summed E-state index contributed by atoms with van der Waals surface area (Å²) in [5.74, 6) is 0.533. The summed E-state index contributed by atoms with van der Waals surface area (Å²) in [6.45, 7) is 2.81. The Balaban J connectivity index is 1.56. The number of carbonyl (C=O) groups is 1. The number of aromatic nitrogens is 2. The third kappa shape index (κ3) is 4.21. The number of nitrogens with one attached hydrogen (secondary N) is 1. The second-order valence-electron chi connectivity index (χ2n) is 5.60. The summed E-state index contributed by atoms with van der Waals surface area (Å²) in [7, 11) is 1.88. The zero-order valence-corrected chi connectivity index (χ0v) is 15.5.